The normalized spacial score (nSPS) is 12.1. The van der Waals surface area contributed by atoms with Gasteiger partial charge in [-0.25, -0.2) is 14.6 Å². The third-order valence-corrected chi connectivity index (χ3v) is 4.89. The summed E-state index contributed by atoms with van der Waals surface area (Å²) < 4.78 is 12.0. The molecule has 30 heavy (non-hydrogen) atoms. The zero-order valence-corrected chi connectivity index (χ0v) is 17.3. The van der Waals surface area contributed by atoms with Crippen molar-refractivity contribution in [2.75, 3.05) is 5.32 Å². The van der Waals surface area contributed by atoms with E-state index in [1.165, 1.54) is 11.7 Å². The van der Waals surface area contributed by atoms with Crippen molar-refractivity contribution in [2.45, 2.75) is 13.0 Å². The van der Waals surface area contributed by atoms with Gasteiger partial charge in [0.15, 0.2) is 5.75 Å². The Hall–Kier alpha value is -3.30. The summed E-state index contributed by atoms with van der Waals surface area (Å²) >= 11 is 12.8. The number of aromatic amines is 1. The van der Waals surface area contributed by atoms with Crippen molar-refractivity contribution in [3.63, 3.8) is 0 Å². The lowest BCUT2D eigenvalue weighted by molar-refractivity contribution is 0.445. The Bertz CT molecular complexity index is 1340. The van der Waals surface area contributed by atoms with E-state index in [1.807, 2.05) is 0 Å². The maximum Gasteiger partial charge on any atom is 0.434 e. The summed E-state index contributed by atoms with van der Waals surface area (Å²) in [5.74, 6) is -0.0630. The van der Waals surface area contributed by atoms with Crippen LogP contribution in [-0.2, 0) is 7.05 Å². The van der Waals surface area contributed by atoms with Crippen molar-refractivity contribution < 1.29 is 9.15 Å². The molecule has 0 amide bonds. The topological polar surface area (TPSA) is 115 Å². The summed E-state index contributed by atoms with van der Waals surface area (Å²) in [4.78, 5) is 23.4. The number of fused-ring (bicyclic) bond motifs is 1. The molecule has 0 saturated carbocycles. The summed E-state index contributed by atoms with van der Waals surface area (Å²) in [6.07, 6.45) is 0. The molecule has 0 aliphatic carbocycles. The number of rotatable bonds is 5. The SMILES string of the molecule is CC(Nc1cc(Cl)c(Oc2nn(C)c(=O)c3ccccc23)c(Cl)c1)c1n[nH]c(=O)o1. The van der Waals surface area contributed by atoms with E-state index in [4.69, 9.17) is 32.4 Å². The van der Waals surface area contributed by atoms with Crippen LogP contribution in [0, 0.1) is 0 Å². The molecule has 9 nitrogen and oxygen atoms in total. The van der Waals surface area contributed by atoms with Gasteiger partial charge in [0.05, 0.1) is 20.8 Å². The van der Waals surface area contributed by atoms with E-state index >= 15 is 0 Å². The van der Waals surface area contributed by atoms with E-state index in [9.17, 15) is 9.59 Å². The number of benzene rings is 2. The monoisotopic (exact) mass is 447 g/mol. The molecular formula is C19H15Cl2N5O4. The summed E-state index contributed by atoms with van der Waals surface area (Å²) in [5, 5.41) is 14.7. The van der Waals surface area contributed by atoms with Crippen LogP contribution in [0.1, 0.15) is 18.9 Å². The Morgan fingerprint density at radius 1 is 1.17 bits per heavy atom. The molecule has 2 N–H and O–H groups in total. The molecule has 0 bridgehead atoms. The quantitative estimate of drug-likeness (QED) is 0.476. The molecule has 1 unspecified atom stereocenters. The highest BCUT2D eigenvalue weighted by molar-refractivity contribution is 6.37. The first-order valence-corrected chi connectivity index (χ1v) is 9.54. The third kappa shape index (κ3) is 3.77. The lowest BCUT2D eigenvalue weighted by Gasteiger charge is -2.15. The number of hydrogen-bond donors (Lipinski definition) is 2. The first-order chi connectivity index (χ1) is 14.3. The number of aryl methyl sites for hydroxylation is 1. The number of nitrogens with one attached hydrogen (secondary N) is 2. The lowest BCUT2D eigenvalue weighted by atomic mass is 10.2. The number of H-pyrrole nitrogens is 1. The molecule has 2 aromatic carbocycles. The highest BCUT2D eigenvalue weighted by atomic mass is 35.5. The van der Waals surface area contributed by atoms with Gasteiger partial charge in [-0.1, -0.05) is 35.3 Å². The van der Waals surface area contributed by atoms with Gasteiger partial charge in [0, 0.05) is 12.7 Å². The van der Waals surface area contributed by atoms with E-state index in [2.05, 4.69) is 20.6 Å². The van der Waals surface area contributed by atoms with Gasteiger partial charge < -0.3 is 14.5 Å². The van der Waals surface area contributed by atoms with Crippen molar-refractivity contribution in [1.29, 1.82) is 0 Å². The Balaban J connectivity index is 1.67. The van der Waals surface area contributed by atoms with Crippen LogP contribution >= 0.6 is 23.2 Å². The van der Waals surface area contributed by atoms with Crippen molar-refractivity contribution in [3.05, 3.63) is 73.2 Å². The summed E-state index contributed by atoms with van der Waals surface area (Å²) in [5.41, 5.74) is 0.322. The molecule has 0 spiro atoms. The average molecular weight is 448 g/mol. The first-order valence-electron chi connectivity index (χ1n) is 8.78. The van der Waals surface area contributed by atoms with E-state index < -0.39 is 11.8 Å². The summed E-state index contributed by atoms with van der Waals surface area (Å²) in [6, 6.07) is 9.75. The fourth-order valence-corrected chi connectivity index (χ4v) is 3.48. The number of anilines is 1. The van der Waals surface area contributed by atoms with Crippen LogP contribution in [-0.4, -0.2) is 20.0 Å². The standard InChI is InChI=1S/C19H15Cl2N5O4/c1-9(16-23-24-19(28)30-16)22-10-7-13(20)15(14(21)8-10)29-17-11-5-3-4-6-12(11)18(27)26(2)25-17/h3-9,22H,1-2H3,(H,24,28). The minimum absolute atomic E-state index is 0.188. The zero-order valence-electron chi connectivity index (χ0n) is 15.8. The average Bonchev–Trinajstić information content (AvgIpc) is 3.15. The molecule has 0 aliphatic heterocycles. The molecule has 1 atom stereocenters. The molecule has 0 radical (unpaired) electrons. The van der Waals surface area contributed by atoms with Crippen LogP contribution in [0.25, 0.3) is 10.8 Å². The molecule has 2 heterocycles. The van der Waals surface area contributed by atoms with E-state index in [-0.39, 0.29) is 33.1 Å². The molecule has 0 fully saturated rings. The van der Waals surface area contributed by atoms with Crippen molar-refractivity contribution >= 4 is 39.7 Å². The maximum absolute atomic E-state index is 12.3. The van der Waals surface area contributed by atoms with Crippen LogP contribution in [0.15, 0.2) is 50.4 Å². The second kappa shape index (κ2) is 7.85. The molecule has 0 saturated heterocycles. The predicted octanol–water partition coefficient (Wildman–Crippen LogP) is 3.88. The molecule has 0 aliphatic rings. The fourth-order valence-electron chi connectivity index (χ4n) is 2.92. The summed E-state index contributed by atoms with van der Waals surface area (Å²) in [6.45, 7) is 1.76. The summed E-state index contributed by atoms with van der Waals surface area (Å²) in [7, 11) is 1.53. The van der Waals surface area contributed by atoms with Crippen LogP contribution in [0.4, 0.5) is 5.69 Å². The van der Waals surface area contributed by atoms with Gasteiger partial charge >= 0.3 is 5.76 Å². The number of hydrogen-bond acceptors (Lipinski definition) is 7. The number of aromatic nitrogens is 4. The van der Waals surface area contributed by atoms with E-state index in [0.717, 1.165) is 0 Å². The van der Waals surface area contributed by atoms with Gasteiger partial charge in [-0.05, 0) is 31.2 Å². The lowest BCUT2D eigenvalue weighted by Crippen LogP contribution is -2.20. The minimum Gasteiger partial charge on any atom is -0.434 e. The molecule has 2 aromatic heterocycles. The number of nitrogens with zero attached hydrogens (tertiary/aromatic N) is 3. The minimum atomic E-state index is -0.643. The molecule has 154 valence electrons. The highest BCUT2D eigenvalue weighted by Crippen LogP contribution is 2.40. The van der Waals surface area contributed by atoms with E-state index in [1.54, 1.807) is 43.3 Å². The third-order valence-electron chi connectivity index (χ3n) is 4.33. The largest absolute Gasteiger partial charge is 0.434 e. The second-order valence-corrected chi connectivity index (χ2v) is 7.28. The first kappa shape index (κ1) is 20.0. The van der Waals surface area contributed by atoms with Crippen LogP contribution < -0.4 is 21.4 Å². The molecule has 11 heteroatoms. The van der Waals surface area contributed by atoms with Crippen molar-refractivity contribution in [1.82, 2.24) is 20.0 Å². The highest BCUT2D eigenvalue weighted by Gasteiger charge is 2.18. The van der Waals surface area contributed by atoms with Crippen LogP contribution in [0.2, 0.25) is 10.0 Å². The zero-order chi connectivity index (χ0) is 21.4. The van der Waals surface area contributed by atoms with Crippen LogP contribution in [0.5, 0.6) is 11.6 Å². The smallest absolute Gasteiger partial charge is 0.434 e. The Morgan fingerprint density at radius 3 is 2.47 bits per heavy atom. The Morgan fingerprint density at radius 2 is 1.83 bits per heavy atom. The molecule has 4 rings (SSSR count). The van der Waals surface area contributed by atoms with Crippen molar-refractivity contribution in [3.8, 4) is 11.6 Å². The van der Waals surface area contributed by atoms with Gasteiger partial charge in [-0.2, -0.15) is 0 Å². The predicted molar refractivity (Wildman–Crippen MR) is 113 cm³/mol. The second-order valence-electron chi connectivity index (χ2n) is 6.47. The van der Waals surface area contributed by atoms with Gasteiger partial charge in [0.1, 0.15) is 6.04 Å². The molecule has 4 aromatic rings. The maximum atomic E-state index is 12.3. The number of ether oxygens (including phenoxy) is 1. The van der Waals surface area contributed by atoms with Crippen molar-refractivity contribution in [2.24, 2.45) is 7.05 Å². The van der Waals surface area contributed by atoms with Gasteiger partial charge in [0.2, 0.25) is 11.8 Å². The number of halogens is 2. The fraction of sp³-hybridized carbons (Fsp3) is 0.158. The van der Waals surface area contributed by atoms with Gasteiger partial charge in [-0.15, -0.1) is 10.2 Å². The Labute approximate surface area is 179 Å². The van der Waals surface area contributed by atoms with E-state index in [0.29, 0.717) is 16.5 Å². The molecular weight excluding hydrogens is 433 g/mol. The van der Waals surface area contributed by atoms with Crippen LogP contribution in [0.3, 0.4) is 0 Å². The van der Waals surface area contributed by atoms with Gasteiger partial charge in [-0.3, -0.25) is 4.79 Å². The van der Waals surface area contributed by atoms with Gasteiger partial charge in [0.25, 0.3) is 5.56 Å². The Kier molecular flexibility index (Phi) is 5.23.